The summed E-state index contributed by atoms with van der Waals surface area (Å²) >= 11 is 0. The molecule has 21 heavy (non-hydrogen) atoms. The maximum Gasteiger partial charge on any atom is 0.335 e. The van der Waals surface area contributed by atoms with Crippen LogP contribution in [0.4, 0.5) is 5.82 Å². The molecule has 2 N–H and O–H groups in total. The lowest BCUT2D eigenvalue weighted by Gasteiger charge is -2.09. The molecule has 0 bridgehead atoms. The molecule has 2 aromatic rings. The van der Waals surface area contributed by atoms with Gasteiger partial charge in [0.1, 0.15) is 5.82 Å². The molecule has 0 aliphatic heterocycles. The van der Waals surface area contributed by atoms with Gasteiger partial charge in [-0.05, 0) is 31.0 Å². The smallest absolute Gasteiger partial charge is 0.335 e. The Morgan fingerprint density at radius 1 is 1.43 bits per heavy atom. The number of anilines is 1. The molecule has 0 saturated heterocycles. The van der Waals surface area contributed by atoms with Crippen LogP contribution in [0.25, 0.3) is 0 Å². The zero-order valence-electron chi connectivity index (χ0n) is 12.3. The van der Waals surface area contributed by atoms with Crippen LogP contribution in [0.3, 0.4) is 0 Å². The molecular formula is C15H20N4O2. The Kier molecular flexibility index (Phi) is 4.92. The molecule has 2 rings (SSSR count). The van der Waals surface area contributed by atoms with Gasteiger partial charge in [-0.3, -0.25) is 4.68 Å². The van der Waals surface area contributed by atoms with Crippen LogP contribution >= 0.6 is 0 Å². The first kappa shape index (κ1) is 15.0. The summed E-state index contributed by atoms with van der Waals surface area (Å²) in [6.07, 6.45) is 5.48. The van der Waals surface area contributed by atoms with Gasteiger partial charge in [0.2, 0.25) is 0 Å². The molecule has 0 aromatic carbocycles. The molecule has 2 heterocycles. The SMILES string of the molecule is CCCc1cc(C(=O)O)cc(NCCn2cc(C)cn2)n1. The Labute approximate surface area is 123 Å². The van der Waals surface area contributed by atoms with Crippen LogP contribution in [0.5, 0.6) is 0 Å². The molecule has 0 aliphatic carbocycles. The number of aromatic carboxylic acids is 1. The summed E-state index contributed by atoms with van der Waals surface area (Å²) in [5.41, 5.74) is 2.19. The van der Waals surface area contributed by atoms with Crippen molar-refractivity contribution in [3.05, 3.63) is 41.3 Å². The van der Waals surface area contributed by atoms with Gasteiger partial charge >= 0.3 is 5.97 Å². The van der Waals surface area contributed by atoms with Crippen LogP contribution in [0.1, 0.15) is 35.0 Å². The van der Waals surface area contributed by atoms with Crippen molar-refractivity contribution < 1.29 is 9.90 Å². The standard InChI is InChI=1S/C15H20N4O2/c1-3-4-13-7-12(15(20)21)8-14(18-13)16-5-6-19-10-11(2)9-17-19/h7-10H,3-6H2,1-2H3,(H,16,18)(H,20,21). The number of hydrogen-bond donors (Lipinski definition) is 2. The van der Waals surface area contributed by atoms with Crippen LogP contribution in [0.2, 0.25) is 0 Å². The van der Waals surface area contributed by atoms with Gasteiger partial charge in [-0.1, -0.05) is 13.3 Å². The summed E-state index contributed by atoms with van der Waals surface area (Å²) in [7, 11) is 0. The van der Waals surface area contributed by atoms with E-state index in [1.54, 1.807) is 12.1 Å². The first-order valence-corrected chi connectivity index (χ1v) is 7.05. The van der Waals surface area contributed by atoms with Gasteiger partial charge in [-0.2, -0.15) is 5.10 Å². The van der Waals surface area contributed by atoms with Crippen molar-refractivity contribution in [2.45, 2.75) is 33.2 Å². The third kappa shape index (κ3) is 4.30. The van der Waals surface area contributed by atoms with Gasteiger partial charge in [0.25, 0.3) is 0 Å². The molecule has 0 radical (unpaired) electrons. The molecule has 0 atom stereocenters. The van der Waals surface area contributed by atoms with Gasteiger partial charge in [-0.25, -0.2) is 9.78 Å². The normalized spacial score (nSPS) is 10.6. The summed E-state index contributed by atoms with van der Waals surface area (Å²) in [6, 6.07) is 3.20. The topological polar surface area (TPSA) is 80.0 Å². The number of rotatable bonds is 7. The maximum absolute atomic E-state index is 11.1. The van der Waals surface area contributed by atoms with E-state index < -0.39 is 5.97 Å². The number of nitrogens with one attached hydrogen (secondary N) is 1. The van der Waals surface area contributed by atoms with Crippen LogP contribution in [0, 0.1) is 6.92 Å². The molecule has 2 aromatic heterocycles. The number of carboxylic acid groups (broad SMARTS) is 1. The molecule has 6 nitrogen and oxygen atoms in total. The molecule has 0 saturated carbocycles. The van der Waals surface area contributed by atoms with Gasteiger partial charge in [0.15, 0.2) is 0 Å². The van der Waals surface area contributed by atoms with E-state index in [4.69, 9.17) is 5.11 Å². The molecule has 112 valence electrons. The summed E-state index contributed by atoms with van der Waals surface area (Å²) in [4.78, 5) is 15.6. The zero-order chi connectivity index (χ0) is 15.2. The minimum absolute atomic E-state index is 0.269. The van der Waals surface area contributed by atoms with E-state index in [9.17, 15) is 4.79 Å². The number of carboxylic acids is 1. The molecule has 0 unspecified atom stereocenters. The fraction of sp³-hybridized carbons (Fsp3) is 0.400. The van der Waals surface area contributed by atoms with Crippen LogP contribution < -0.4 is 5.32 Å². The van der Waals surface area contributed by atoms with E-state index in [0.29, 0.717) is 18.9 Å². The van der Waals surface area contributed by atoms with Crippen LogP contribution in [0.15, 0.2) is 24.5 Å². The minimum atomic E-state index is -0.930. The summed E-state index contributed by atoms with van der Waals surface area (Å²) in [5, 5.41) is 16.5. The first-order valence-electron chi connectivity index (χ1n) is 7.05. The predicted octanol–water partition coefficient (Wildman–Crippen LogP) is 2.35. The Balaban J connectivity index is 2.02. The summed E-state index contributed by atoms with van der Waals surface area (Å²) < 4.78 is 1.84. The second-order valence-electron chi connectivity index (χ2n) is 5.00. The number of pyridine rings is 1. The quantitative estimate of drug-likeness (QED) is 0.817. The lowest BCUT2D eigenvalue weighted by molar-refractivity contribution is 0.0696. The molecule has 0 fully saturated rings. The number of aryl methyl sites for hydroxylation is 2. The van der Waals surface area contributed by atoms with E-state index in [1.165, 1.54) is 0 Å². The molecule has 0 aliphatic rings. The largest absolute Gasteiger partial charge is 0.478 e. The summed E-state index contributed by atoms with van der Waals surface area (Å²) in [6.45, 7) is 5.38. The Morgan fingerprint density at radius 2 is 2.24 bits per heavy atom. The van der Waals surface area contributed by atoms with Crippen molar-refractivity contribution in [3.8, 4) is 0 Å². The molecule has 6 heteroatoms. The zero-order valence-corrected chi connectivity index (χ0v) is 12.3. The number of carbonyl (C=O) groups is 1. The highest BCUT2D eigenvalue weighted by atomic mass is 16.4. The highest BCUT2D eigenvalue weighted by molar-refractivity contribution is 5.88. The Morgan fingerprint density at radius 3 is 2.86 bits per heavy atom. The van der Waals surface area contributed by atoms with Gasteiger partial charge in [0.05, 0.1) is 18.3 Å². The number of hydrogen-bond acceptors (Lipinski definition) is 4. The van der Waals surface area contributed by atoms with Crippen molar-refractivity contribution >= 4 is 11.8 Å². The van der Waals surface area contributed by atoms with E-state index in [0.717, 1.165) is 24.1 Å². The molecular weight excluding hydrogens is 268 g/mol. The predicted molar refractivity (Wildman–Crippen MR) is 80.6 cm³/mol. The van der Waals surface area contributed by atoms with Gasteiger partial charge < -0.3 is 10.4 Å². The summed E-state index contributed by atoms with van der Waals surface area (Å²) in [5.74, 6) is -0.331. The van der Waals surface area contributed by atoms with E-state index in [1.807, 2.05) is 30.9 Å². The monoisotopic (exact) mass is 288 g/mol. The Hall–Kier alpha value is -2.37. The van der Waals surface area contributed by atoms with Crippen molar-refractivity contribution in [1.82, 2.24) is 14.8 Å². The van der Waals surface area contributed by atoms with E-state index >= 15 is 0 Å². The lowest BCUT2D eigenvalue weighted by Crippen LogP contribution is -2.13. The third-order valence-corrected chi connectivity index (χ3v) is 3.04. The van der Waals surface area contributed by atoms with Crippen molar-refractivity contribution in [3.63, 3.8) is 0 Å². The highest BCUT2D eigenvalue weighted by Gasteiger charge is 2.08. The van der Waals surface area contributed by atoms with Crippen molar-refractivity contribution in [2.75, 3.05) is 11.9 Å². The second-order valence-corrected chi connectivity index (χ2v) is 5.00. The van der Waals surface area contributed by atoms with Crippen LogP contribution in [-0.2, 0) is 13.0 Å². The minimum Gasteiger partial charge on any atom is -0.478 e. The Bertz CT molecular complexity index is 622. The maximum atomic E-state index is 11.1. The lowest BCUT2D eigenvalue weighted by atomic mass is 10.1. The number of nitrogens with zero attached hydrogens (tertiary/aromatic N) is 3. The van der Waals surface area contributed by atoms with Crippen molar-refractivity contribution in [1.29, 1.82) is 0 Å². The average molecular weight is 288 g/mol. The molecule has 0 amide bonds. The third-order valence-electron chi connectivity index (χ3n) is 3.04. The van der Waals surface area contributed by atoms with Gasteiger partial charge in [-0.15, -0.1) is 0 Å². The van der Waals surface area contributed by atoms with Crippen LogP contribution in [-0.4, -0.2) is 32.4 Å². The second kappa shape index (κ2) is 6.88. The first-order chi connectivity index (χ1) is 10.1. The number of aromatic nitrogens is 3. The molecule has 0 spiro atoms. The van der Waals surface area contributed by atoms with Crippen molar-refractivity contribution in [2.24, 2.45) is 0 Å². The fourth-order valence-electron chi connectivity index (χ4n) is 2.07. The van der Waals surface area contributed by atoms with E-state index in [2.05, 4.69) is 15.4 Å². The van der Waals surface area contributed by atoms with E-state index in [-0.39, 0.29) is 5.56 Å². The fourth-order valence-corrected chi connectivity index (χ4v) is 2.07. The highest BCUT2D eigenvalue weighted by Crippen LogP contribution is 2.12. The average Bonchev–Trinajstić information content (AvgIpc) is 2.84. The van der Waals surface area contributed by atoms with Gasteiger partial charge in [0, 0.05) is 18.4 Å².